The second kappa shape index (κ2) is 8.01. The summed E-state index contributed by atoms with van der Waals surface area (Å²) in [6.45, 7) is 2.58. The van der Waals surface area contributed by atoms with Gasteiger partial charge < -0.3 is 16.1 Å². The Kier molecular flexibility index (Phi) is 5.03. The molecule has 0 amide bonds. The van der Waals surface area contributed by atoms with Crippen LogP contribution in [0.1, 0.15) is 30.5 Å². The first-order chi connectivity index (χ1) is 15.5. The van der Waals surface area contributed by atoms with E-state index in [0.29, 0.717) is 12.2 Å². The van der Waals surface area contributed by atoms with E-state index in [1.54, 1.807) is 5.01 Å². The van der Waals surface area contributed by atoms with Crippen molar-refractivity contribution in [2.24, 2.45) is 18.6 Å². The third-order valence-corrected chi connectivity index (χ3v) is 6.02. The fraction of sp³-hybridized carbons (Fsp3) is 0.200. The van der Waals surface area contributed by atoms with Crippen molar-refractivity contribution in [2.45, 2.75) is 19.4 Å². The molecular weight excluding hydrogens is 398 g/mol. The van der Waals surface area contributed by atoms with Gasteiger partial charge in [-0.15, -0.1) is 0 Å². The maximum absolute atomic E-state index is 6.44. The minimum Gasteiger partial charge on any atom is -0.401 e. The summed E-state index contributed by atoms with van der Waals surface area (Å²) in [5.74, 6) is 6.44. The van der Waals surface area contributed by atoms with Crippen LogP contribution in [0.2, 0.25) is 0 Å². The Morgan fingerprint density at radius 3 is 2.78 bits per heavy atom. The zero-order valence-electron chi connectivity index (χ0n) is 18.3. The van der Waals surface area contributed by atoms with Gasteiger partial charge in [0.05, 0.1) is 23.5 Å². The molecule has 7 heteroatoms. The van der Waals surface area contributed by atoms with E-state index in [9.17, 15) is 0 Å². The Bertz CT molecular complexity index is 1310. The van der Waals surface area contributed by atoms with E-state index in [1.807, 2.05) is 55.4 Å². The van der Waals surface area contributed by atoms with Gasteiger partial charge in [-0.1, -0.05) is 18.2 Å². The van der Waals surface area contributed by atoms with Gasteiger partial charge >= 0.3 is 0 Å². The number of hydrogen-bond acceptors (Lipinski definition) is 6. The van der Waals surface area contributed by atoms with E-state index in [-0.39, 0.29) is 6.04 Å². The number of nitrogens with one attached hydrogen (secondary N) is 1. The molecule has 0 aliphatic carbocycles. The number of anilines is 1. The molecule has 1 atom stereocenters. The van der Waals surface area contributed by atoms with E-state index >= 15 is 0 Å². The van der Waals surface area contributed by atoms with Gasteiger partial charge in [-0.3, -0.25) is 9.67 Å². The minimum absolute atomic E-state index is 0.0512. The van der Waals surface area contributed by atoms with Gasteiger partial charge in [0.2, 0.25) is 0 Å². The molecule has 32 heavy (non-hydrogen) atoms. The molecule has 5 N–H and O–H groups in total. The highest BCUT2D eigenvalue weighted by Gasteiger charge is 2.26. The zero-order chi connectivity index (χ0) is 22.2. The van der Waals surface area contributed by atoms with E-state index in [0.717, 1.165) is 45.4 Å². The molecule has 0 saturated carbocycles. The van der Waals surface area contributed by atoms with Crippen LogP contribution in [0.4, 0.5) is 5.69 Å². The van der Waals surface area contributed by atoms with Crippen LogP contribution < -0.4 is 16.9 Å². The van der Waals surface area contributed by atoms with Gasteiger partial charge in [0.25, 0.3) is 0 Å². The first-order valence-electron chi connectivity index (χ1n) is 10.7. The van der Waals surface area contributed by atoms with Gasteiger partial charge in [-0.25, -0.2) is 5.84 Å². The van der Waals surface area contributed by atoms with Crippen LogP contribution in [0.5, 0.6) is 0 Å². The normalized spacial score (nSPS) is 17.7. The summed E-state index contributed by atoms with van der Waals surface area (Å²) in [6.07, 6.45) is 6.56. The highest BCUT2D eigenvalue weighted by Crippen LogP contribution is 2.38. The lowest BCUT2D eigenvalue weighted by Crippen LogP contribution is -2.31. The standard InChI is InChI=1S/C25H27N7/c1-16(26)25-19-9-8-17(18-14-29-31(2)15-18)13-21(19)24(10-12-32(25)27)30-23-7-3-6-22-20(23)5-4-11-28-22/h3-9,11,13-15,24,30H,10,12,26-27H2,1-2H3/b25-16-. The van der Waals surface area contributed by atoms with Crippen LogP contribution in [0.25, 0.3) is 27.7 Å². The number of benzene rings is 2. The van der Waals surface area contributed by atoms with Crippen molar-refractivity contribution >= 4 is 22.3 Å². The zero-order valence-corrected chi connectivity index (χ0v) is 18.3. The minimum atomic E-state index is 0.0512. The van der Waals surface area contributed by atoms with Crippen molar-refractivity contribution in [1.82, 2.24) is 19.8 Å². The SMILES string of the molecule is C/C(N)=C1\c2ccc(-c3cnn(C)c3)cc2C(Nc2cccc3ncccc23)CCN1N. The van der Waals surface area contributed by atoms with Crippen LogP contribution in [0.3, 0.4) is 0 Å². The molecule has 0 bridgehead atoms. The lowest BCUT2D eigenvalue weighted by atomic mass is 9.93. The Hall–Kier alpha value is -3.84. The molecule has 1 aliphatic rings. The third kappa shape index (κ3) is 3.56. The molecular formula is C25H27N7. The van der Waals surface area contributed by atoms with Gasteiger partial charge in [-0.05, 0) is 54.8 Å². The highest BCUT2D eigenvalue weighted by atomic mass is 15.4. The van der Waals surface area contributed by atoms with Crippen molar-refractivity contribution in [3.05, 3.63) is 83.9 Å². The first-order valence-corrected chi connectivity index (χ1v) is 10.7. The van der Waals surface area contributed by atoms with E-state index < -0.39 is 0 Å². The van der Waals surface area contributed by atoms with Crippen molar-refractivity contribution in [3.8, 4) is 11.1 Å². The number of nitrogens with two attached hydrogens (primary N) is 2. The summed E-state index contributed by atoms with van der Waals surface area (Å²) in [7, 11) is 1.93. The molecule has 2 aromatic heterocycles. The fourth-order valence-electron chi connectivity index (χ4n) is 4.51. The third-order valence-electron chi connectivity index (χ3n) is 6.02. The Morgan fingerprint density at radius 2 is 2.00 bits per heavy atom. The summed E-state index contributed by atoms with van der Waals surface area (Å²) < 4.78 is 1.82. The maximum atomic E-state index is 6.44. The smallest absolute Gasteiger partial charge is 0.0777 e. The molecule has 2 aromatic carbocycles. The second-order valence-electron chi connectivity index (χ2n) is 8.29. The lowest BCUT2D eigenvalue weighted by Gasteiger charge is -2.22. The average Bonchev–Trinajstić information content (AvgIpc) is 3.17. The van der Waals surface area contributed by atoms with Crippen molar-refractivity contribution in [2.75, 3.05) is 11.9 Å². The number of allylic oxidation sites excluding steroid dienone is 1. The molecule has 7 nitrogen and oxygen atoms in total. The summed E-state index contributed by atoms with van der Waals surface area (Å²) in [5, 5.41) is 11.0. The molecule has 162 valence electrons. The van der Waals surface area contributed by atoms with Crippen molar-refractivity contribution < 1.29 is 0 Å². The molecule has 0 spiro atoms. The Labute approximate surface area is 187 Å². The van der Waals surface area contributed by atoms with Gasteiger partial charge in [0.15, 0.2) is 0 Å². The van der Waals surface area contributed by atoms with Crippen LogP contribution in [-0.2, 0) is 7.05 Å². The molecule has 3 heterocycles. The molecule has 1 aliphatic heterocycles. The van der Waals surface area contributed by atoms with Crippen LogP contribution in [-0.4, -0.2) is 26.3 Å². The van der Waals surface area contributed by atoms with Gasteiger partial charge in [0, 0.05) is 53.9 Å². The summed E-state index contributed by atoms with van der Waals surface area (Å²) in [4.78, 5) is 4.50. The highest BCUT2D eigenvalue weighted by molar-refractivity contribution is 5.91. The van der Waals surface area contributed by atoms with E-state index in [4.69, 9.17) is 11.6 Å². The van der Waals surface area contributed by atoms with E-state index in [1.165, 1.54) is 5.56 Å². The van der Waals surface area contributed by atoms with Gasteiger partial charge in [-0.2, -0.15) is 5.10 Å². The topological polar surface area (TPSA) is 98.0 Å². The lowest BCUT2D eigenvalue weighted by molar-refractivity contribution is 0.402. The summed E-state index contributed by atoms with van der Waals surface area (Å²) in [6, 6.07) is 16.7. The molecule has 5 rings (SSSR count). The van der Waals surface area contributed by atoms with Crippen LogP contribution in [0.15, 0.2) is 72.8 Å². The Balaban J connectivity index is 1.65. The average molecular weight is 426 g/mol. The predicted molar refractivity (Wildman–Crippen MR) is 129 cm³/mol. The number of aryl methyl sites for hydroxylation is 1. The second-order valence-corrected chi connectivity index (χ2v) is 8.29. The number of pyridine rings is 1. The quantitative estimate of drug-likeness (QED) is 0.429. The molecule has 0 radical (unpaired) electrons. The monoisotopic (exact) mass is 425 g/mol. The van der Waals surface area contributed by atoms with Crippen molar-refractivity contribution in [3.63, 3.8) is 0 Å². The van der Waals surface area contributed by atoms with Crippen LogP contribution in [0, 0.1) is 0 Å². The molecule has 4 aromatic rings. The maximum Gasteiger partial charge on any atom is 0.0777 e. The number of hydrazine groups is 1. The summed E-state index contributed by atoms with van der Waals surface area (Å²) >= 11 is 0. The molecule has 0 fully saturated rings. The van der Waals surface area contributed by atoms with E-state index in [2.05, 4.69) is 45.7 Å². The largest absolute Gasteiger partial charge is 0.401 e. The Morgan fingerprint density at radius 1 is 1.12 bits per heavy atom. The number of fused-ring (bicyclic) bond motifs is 2. The number of hydrogen-bond donors (Lipinski definition) is 3. The van der Waals surface area contributed by atoms with Gasteiger partial charge in [0.1, 0.15) is 0 Å². The first kappa shape index (κ1) is 20.1. The van der Waals surface area contributed by atoms with Crippen molar-refractivity contribution in [1.29, 1.82) is 0 Å². The number of rotatable bonds is 3. The molecule has 0 saturated heterocycles. The fourth-order valence-corrected chi connectivity index (χ4v) is 4.51. The molecule has 1 unspecified atom stereocenters. The summed E-state index contributed by atoms with van der Waals surface area (Å²) in [5.41, 5.74) is 14.3. The van der Waals surface area contributed by atoms with Crippen LogP contribution >= 0.6 is 0 Å². The predicted octanol–water partition coefficient (Wildman–Crippen LogP) is 4.02. The number of nitrogens with zero attached hydrogens (tertiary/aromatic N) is 4. The number of aromatic nitrogens is 3.